The Morgan fingerprint density at radius 3 is 2.27 bits per heavy atom. The van der Waals surface area contributed by atoms with Crippen LogP contribution in [-0.4, -0.2) is 11.8 Å². The largest absolute Gasteiger partial charge is 0.399 e. The second kappa shape index (κ2) is 7.26. The van der Waals surface area contributed by atoms with Crippen LogP contribution in [0.25, 0.3) is 0 Å². The fourth-order valence-corrected chi connectivity index (χ4v) is 2.04. The van der Waals surface area contributed by atoms with E-state index < -0.39 is 0 Å². The number of anilines is 3. The number of benzene rings is 2. The van der Waals surface area contributed by atoms with Crippen molar-refractivity contribution in [1.29, 1.82) is 0 Å². The molecule has 0 aromatic heterocycles. The Morgan fingerprint density at radius 2 is 1.64 bits per heavy atom. The first-order valence-electron chi connectivity index (χ1n) is 7.05. The number of hydrogen-bond acceptors (Lipinski definition) is 3. The molecule has 0 aliphatic carbocycles. The molecule has 2 aromatic rings. The molecule has 0 aliphatic heterocycles. The highest BCUT2D eigenvalue weighted by atomic mass is 16.2. The van der Waals surface area contributed by atoms with Gasteiger partial charge in [-0.05, 0) is 42.3 Å². The molecule has 0 spiro atoms. The van der Waals surface area contributed by atoms with Gasteiger partial charge >= 0.3 is 0 Å². The first-order valence-corrected chi connectivity index (χ1v) is 7.05. The van der Waals surface area contributed by atoms with Gasteiger partial charge in [0.1, 0.15) is 0 Å². The topological polar surface area (TPSA) is 84.2 Å². The molecule has 5 nitrogen and oxygen atoms in total. The van der Waals surface area contributed by atoms with E-state index in [1.807, 2.05) is 24.3 Å². The van der Waals surface area contributed by atoms with Crippen LogP contribution in [0.5, 0.6) is 0 Å². The molecule has 0 heterocycles. The average Bonchev–Trinajstić information content (AvgIpc) is 2.46. The fraction of sp³-hybridized carbons (Fsp3) is 0.176. The number of aryl methyl sites for hydroxylation is 1. The molecule has 0 fully saturated rings. The van der Waals surface area contributed by atoms with E-state index >= 15 is 0 Å². The third kappa shape index (κ3) is 4.94. The lowest BCUT2D eigenvalue weighted by molar-refractivity contribution is -0.116. The van der Waals surface area contributed by atoms with Crippen molar-refractivity contribution in [3.8, 4) is 0 Å². The van der Waals surface area contributed by atoms with Gasteiger partial charge in [0, 0.05) is 30.4 Å². The lowest BCUT2D eigenvalue weighted by atomic mass is 10.1. The summed E-state index contributed by atoms with van der Waals surface area (Å²) < 4.78 is 0. The van der Waals surface area contributed by atoms with Crippen LogP contribution in [0.3, 0.4) is 0 Å². The van der Waals surface area contributed by atoms with Crippen molar-refractivity contribution in [2.24, 2.45) is 0 Å². The minimum Gasteiger partial charge on any atom is -0.399 e. The highest BCUT2D eigenvalue weighted by Crippen LogP contribution is 2.15. The molecule has 5 heteroatoms. The van der Waals surface area contributed by atoms with Crippen LogP contribution in [0.15, 0.2) is 48.5 Å². The van der Waals surface area contributed by atoms with Crippen molar-refractivity contribution in [2.75, 3.05) is 16.4 Å². The Bertz CT molecular complexity index is 666. The van der Waals surface area contributed by atoms with E-state index in [2.05, 4.69) is 10.6 Å². The number of nitrogens with two attached hydrogens (primary N) is 1. The molecule has 0 aliphatic rings. The first kappa shape index (κ1) is 15.6. The molecule has 2 rings (SSSR count). The summed E-state index contributed by atoms with van der Waals surface area (Å²) in [7, 11) is 0. The van der Waals surface area contributed by atoms with E-state index in [0.29, 0.717) is 29.9 Å². The smallest absolute Gasteiger partial charge is 0.224 e. The van der Waals surface area contributed by atoms with E-state index in [4.69, 9.17) is 5.73 Å². The summed E-state index contributed by atoms with van der Waals surface area (Å²) >= 11 is 0. The molecule has 2 amide bonds. The third-order valence-electron chi connectivity index (χ3n) is 3.09. The minimum absolute atomic E-state index is 0.0724. The van der Waals surface area contributed by atoms with E-state index in [0.717, 1.165) is 5.56 Å². The average molecular weight is 297 g/mol. The van der Waals surface area contributed by atoms with Gasteiger partial charge in [0.05, 0.1) is 0 Å². The highest BCUT2D eigenvalue weighted by molar-refractivity contribution is 5.93. The van der Waals surface area contributed by atoms with Crippen molar-refractivity contribution in [2.45, 2.75) is 19.8 Å². The van der Waals surface area contributed by atoms with Gasteiger partial charge in [0.2, 0.25) is 11.8 Å². The molecule has 0 saturated carbocycles. The van der Waals surface area contributed by atoms with E-state index in [9.17, 15) is 9.59 Å². The predicted molar refractivity (Wildman–Crippen MR) is 88.6 cm³/mol. The molecule has 0 unspecified atom stereocenters. The molecule has 0 atom stereocenters. The zero-order valence-corrected chi connectivity index (χ0v) is 12.4. The normalized spacial score (nSPS) is 10.0. The van der Waals surface area contributed by atoms with Crippen LogP contribution in [0.2, 0.25) is 0 Å². The van der Waals surface area contributed by atoms with Gasteiger partial charge < -0.3 is 16.4 Å². The van der Waals surface area contributed by atoms with Crippen LogP contribution in [0.4, 0.5) is 17.1 Å². The molecule has 22 heavy (non-hydrogen) atoms. The van der Waals surface area contributed by atoms with Crippen LogP contribution >= 0.6 is 0 Å². The molecule has 2 aromatic carbocycles. The maximum absolute atomic E-state index is 12.0. The number of nitrogen functional groups attached to an aromatic ring is 1. The molecule has 0 bridgehead atoms. The summed E-state index contributed by atoms with van der Waals surface area (Å²) in [6, 6.07) is 14.5. The van der Waals surface area contributed by atoms with Gasteiger partial charge in [-0.25, -0.2) is 0 Å². The van der Waals surface area contributed by atoms with Crippen molar-refractivity contribution in [3.05, 3.63) is 54.1 Å². The second-order valence-electron chi connectivity index (χ2n) is 5.05. The zero-order valence-electron chi connectivity index (χ0n) is 12.4. The van der Waals surface area contributed by atoms with E-state index in [1.165, 1.54) is 6.92 Å². The number of amides is 2. The van der Waals surface area contributed by atoms with Gasteiger partial charge in [-0.2, -0.15) is 0 Å². The maximum atomic E-state index is 12.0. The molecular weight excluding hydrogens is 278 g/mol. The van der Waals surface area contributed by atoms with Crippen molar-refractivity contribution < 1.29 is 9.59 Å². The Hall–Kier alpha value is -2.82. The van der Waals surface area contributed by atoms with E-state index in [-0.39, 0.29) is 11.8 Å². The minimum atomic E-state index is -0.146. The highest BCUT2D eigenvalue weighted by Gasteiger charge is 2.04. The molecule has 0 saturated heterocycles. The summed E-state index contributed by atoms with van der Waals surface area (Å²) in [5, 5.41) is 5.50. The summed E-state index contributed by atoms with van der Waals surface area (Å²) in [5.41, 5.74) is 8.72. The third-order valence-corrected chi connectivity index (χ3v) is 3.09. The molecule has 4 N–H and O–H groups in total. The summed E-state index contributed by atoms with van der Waals surface area (Å²) in [4.78, 5) is 23.0. The monoisotopic (exact) mass is 297 g/mol. The van der Waals surface area contributed by atoms with Gasteiger partial charge in [-0.15, -0.1) is 0 Å². The lowest BCUT2D eigenvalue weighted by Crippen LogP contribution is -2.13. The summed E-state index contributed by atoms with van der Waals surface area (Å²) in [6.45, 7) is 1.44. The molecular formula is C17H19N3O2. The SMILES string of the molecule is CC(=O)Nc1cccc(NC(=O)CCc2ccc(N)cc2)c1. The Labute approximate surface area is 129 Å². The number of hydrogen-bond donors (Lipinski definition) is 3. The van der Waals surface area contributed by atoms with Crippen LogP contribution in [0, 0.1) is 0 Å². The van der Waals surface area contributed by atoms with Crippen molar-refractivity contribution in [1.82, 2.24) is 0 Å². The fourth-order valence-electron chi connectivity index (χ4n) is 2.04. The maximum Gasteiger partial charge on any atom is 0.224 e. The Kier molecular flexibility index (Phi) is 5.14. The quantitative estimate of drug-likeness (QED) is 0.742. The van der Waals surface area contributed by atoms with Gasteiger partial charge in [0.15, 0.2) is 0 Å². The molecule has 0 radical (unpaired) electrons. The summed E-state index contributed by atoms with van der Waals surface area (Å²) in [6.07, 6.45) is 1.03. The van der Waals surface area contributed by atoms with Crippen molar-refractivity contribution >= 4 is 28.9 Å². The molecule has 114 valence electrons. The van der Waals surface area contributed by atoms with Crippen LogP contribution < -0.4 is 16.4 Å². The number of carbonyl (C=O) groups is 2. The van der Waals surface area contributed by atoms with E-state index in [1.54, 1.807) is 24.3 Å². The van der Waals surface area contributed by atoms with Crippen LogP contribution in [-0.2, 0) is 16.0 Å². The van der Waals surface area contributed by atoms with Crippen molar-refractivity contribution in [3.63, 3.8) is 0 Å². The predicted octanol–water partition coefficient (Wildman–Crippen LogP) is 2.80. The number of rotatable bonds is 5. The standard InChI is InChI=1S/C17H19N3O2/c1-12(21)19-15-3-2-4-16(11-15)20-17(22)10-7-13-5-8-14(18)9-6-13/h2-6,8-9,11H,7,10,18H2,1H3,(H,19,21)(H,20,22). The Balaban J connectivity index is 1.89. The second-order valence-corrected chi connectivity index (χ2v) is 5.05. The number of carbonyl (C=O) groups excluding carboxylic acids is 2. The van der Waals surface area contributed by atoms with Gasteiger partial charge in [-0.1, -0.05) is 18.2 Å². The zero-order chi connectivity index (χ0) is 15.9. The number of nitrogens with one attached hydrogen (secondary N) is 2. The first-order chi connectivity index (χ1) is 10.5. The van der Waals surface area contributed by atoms with Gasteiger partial charge in [0.25, 0.3) is 0 Å². The Morgan fingerprint density at radius 1 is 1.00 bits per heavy atom. The lowest BCUT2D eigenvalue weighted by Gasteiger charge is -2.08. The van der Waals surface area contributed by atoms with Crippen LogP contribution in [0.1, 0.15) is 18.9 Å². The summed E-state index contributed by atoms with van der Waals surface area (Å²) in [5.74, 6) is -0.219. The van der Waals surface area contributed by atoms with Gasteiger partial charge in [-0.3, -0.25) is 9.59 Å².